The van der Waals surface area contributed by atoms with Gasteiger partial charge in [-0.15, -0.1) is 0 Å². The number of thioether (sulfide) groups is 1. The molecule has 1 amide bonds. The van der Waals surface area contributed by atoms with Crippen LogP contribution in [0.25, 0.3) is 0 Å². The average molecular weight is 337 g/mol. The average Bonchev–Trinajstić information content (AvgIpc) is 2.85. The predicted molar refractivity (Wildman–Crippen MR) is 89.9 cm³/mol. The van der Waals surface area contributed by atoms with Gasteiger partial charge in [-0.05, 0) is 30.3 Å². The summed E-state index contributed by atoms with van der Waals surface area (Å²) in [6.45, 7) is 0. The van der Waals surface area contributed by atoms with Crippen molar-refractivity contribution in [3.63, 3.8) is 0 Å². The number of nitrogens with zero attached hydrogens (tertiary/aromatic N) is 2. The zero-order valence-corrected chi connectivity index (χ0v) is 13.1. The number of benzene rings is 2. The van der Waals surface area contributed by atoms with Gasteiger partial charge in [-0.2, -0.15) is 0 Å². The van der Waals surface area contributed by atoms with E-state index in [0.29, 0.717) is 26.7 Å². The molecule has 0 spiro atoms. The van der Waals surface area contributed by atoms with Crippen LogP contribution in [0.3, 0.4) is 0 Å². The highest BCUT2D eigenvalue weighted by Crippen LogP contribution is 2.31. The normalized spacial score (nSPS) is 16.8. The van der Waals surface area contributed by atoms with Crippen LogP contribution < -0.4 is 4.90 Å². The molecule has 106 valence electrons. The molecule has 1 aliphatic rings. The number of hydrogen-bond acceptors (Lipinski definition) is 3. The van der Waals surface area contributed by atoms with Crippen molar-refractivity contribution in [3.8, 4) is 0 Å². The van der Waals surface area contributed by atoms with Gasteiger partial charge in [0.2, 0.25) is 5.91 Å². The molecule has 0 radical (unpaired) electrons. The van der Waals surface area contributed by atoms with Crippen molar-refractivity contribution in [1.82, 2.24) is 0 Å². The Kier molecular flexibility index (Phi) is 4.19. The minimum absolute atomic E-state index is 0.0185. The molecule has 0 bridgehead atoms. The van der Waals surface area contributed by atoms with Crippen LogP contribution in [0.5, 0.6) is 0 Å². The van der Waals surface area contributed by atoms with Crippen molar-refractivity contribution >= 4 is 57.4 Å². The van der Waals surface area contributed by atoms with E-state index in [1.54, 1.807) is 23.1 Å². The fourth-order valence-corrected chi connectivity index (χ4v) is 3.12. The van der Waals surface area contributed by atoms with E-state index < -0.39 is 0 Å². The van der Waals surface area contributed by atoms with Gasteiger partial charge in [-0.25, -0.2) is 4.99 Å². The SMILES string of the molecule is O=C1CSC(=Nc2ccc(Cl)c(Cl)c2)N1c1ccccc1. The third-order valence-corrected chi connectivity index (χ3v) is 4.57. The van der Waals surface area contributed by atoms with Crippen molar-refractivity contribution in [2.24, 2.45) is 4.99 Å². The summed E-state index contributed by atoms with van der Waals surface area (Å²) in [5.74, 6) is 0.403. The highest BCUT2D eigenvalue weighted by Gasteiger charge is 2.29. The Morgan fingerprint density at radius 1 is 1.05 bits per heavy atom. The molecule has 0 N–H and O–H groups in total. The van der Waals surface area contributed by atoms with Gasteiger partial charge < -0.3 is 0 Å². The molecule has 2 aromatic rings. The number of carbonyl (C=O) groups excluding carboxylic acids is 1. The van der Waals surface area contributed by atoms with Gasteiger partial charge >= 0.3 is 0 Å². The first-order chi connectivity index (χ1) is 10.1. The molecule has 1 heterocycles. The summed E-state index contributed by atoms with van der Waals surface area (Å²) >= 11 is 13.3. The maximum atomic E-state index is 12.1. The molecule has 0 aliphatic carbocycles. The maximum Gasteiger partial charge on any atom is 0.243 e. The predicted octanol–water partition coefficient (Wildman–Crippen LogP) is 4.76. The number of anilines is 1. The van der Waals surface area contributed by atoms with Gasteiger partial charge in [0, 0.05) is 0 Å². The van der Waals surface area contributed by atoms with Crippen molar-refractivity contribution in [2.45, 2.75) is 0 Å². The second kappa shape index (κ2) is 6.10. The number of hydrogen-bond donors (Lipinski definition) is 0. The highest BCUT2D eigenvalue weighted by molar-refractivity contribution is 8.15. The summed E-state index contributed by atoms with van der Waals surface area (Å²) < 4.78 is 0. The van der Waals surface area contributed by atoms with Crippen LogP contribution in [-0.4, -0.2) is 16.8 Å². The fraction of sp³-hybridized carbons (Fsp3) is 0.0667. The first-order valence-electron chi connectivity index (χ1n) is 6.20. The van der Waals surface area contributed by atoms with E-state index in [9.17, 15) is 4.79 Å². The van der Waals surface area contributed by atoms with Gasteiger partial charge in [-0.1, -0.05) is 53.2 Å². The van der Waals surface area contributed by atoms with Gasteiger partial charge in [0.05, 0.1) is 27.2 Å². The van der Waals surface area contributed by atoms with E-state index in [1.807, 2.05) is 30.3 Å². The molecule has 0 atom stereocenters. The molecule has 3 rings (SSSR count). The lowest BCUT2D eigenvalue weighted by Gasteiger charge is -2.15. The van der Waals surface area contributed by atoms with Crippen LogP contribution in [-0.2, 0) is 4.79 Å². The summed E-state index contributed by atoms with van der Waals surface area (Å²) in [7, 11) is 0. The van der Waals surface area contributed by atoms with Crippen LogP contribution in [0.2, 0.25) is 10.0 Å². The third kappa shape index (κ3) is 3.07. The standard InChI is InChI=1S/C15H10Cl2N2OS/c16-12-7-6-10(8-13(12)17)18-15-19(14(20)9-21-15)11-4-2-1-3-5-11/h1-8H,9H2. The molecule has 1 saturated heterocycles. The van der Waals surface area contributed by atoms with Crippen LogP contribution in [0.15, 0.2) is 53.5 Å². The van der Waals surface area contributed by atoms with E-state index in [1.165, 1.54) is 11.8 Å². The number of carbonyl (C=O) groups is 1. The summed E-state index contributed by atoms with van der Waals surface area (Å²) in [5.41, 5.74) is 1.48. The van der Waals surface area contributed by atoms with Crippen LogP contribution in [0, 0.1) is 0 Å². The number of rotatable bonds is 2. The first kappa shape index (κ1) is 14.4. The van der Waals surface area contributed by atoms with Crippen molar-refractivity contribution in [3.05, 3.63) is 58.6 Å². The van der Waals surface area contributed by atoms with E-state index in [2.05, 4.69) is 4.99 Å². The topological polar surface area (TPSA) is 32.7 Å². The number of amides is 1. The smallest absolute Gasteiger partial charge is 0.243 e. The molecule has 6 heteroatoms. The third-order valence-electron chi connectivity index (χ3n) is 2.91. The second-order valence-corrected chi connectivity index (χ2v) is 6.10. The molecule has 1 aliphatic heterocycles. The van der Waals surface area contributed by atoms with E-state index in [4.69, 9.17) is 23.2 Å². The number of para-hydroxylation sites is 1. The molecule has 0 saturated carbocycles. The lowest BCUT2D eigenvalue weighted by molar-refractivity contribution is -0.115. The molecule has 0 unspecified atom stereocenters. The quantitative estimate of drug-likeness (QED) is 0.791. The Morgan fingerprint density at radius 3 is 2.52 bits per heavy atom. The molecular weight excluding hydrogens is 327 g/mol. The second-order valence-electron chi connectivity index (χ2n) is 4.35. The minimum Gasteiger partial charge on any atom is -0.273 e. The Morgan fingerprint density at radius 2 is 1.81 bits per heavy atom. The Bertz CT molecular complexity index is 719. The van der Waals surface area contributed by atoms with Crippen molar-refractivity contribution < 1.29 is 4.79 Å². The molecule has 2 aromatic carbocycles. The van der Waals surface area contributed by atoms with Gasteiger partial charge in [-0.3, -0.25) is 9.69 Å². The van der Waals surface area contributed by atoms with Crippen LogP contribution in [0.1, 0.15) is 0 Å². The van der Waals surface area contributed by atoms with Crippen molar-refractivity contribution in [2.75, 3.05) is 10.7 Å². The number of amidine groups is 1. The highest BCUT2D eigenvalue weighted by atomic mass is 35.5. The van der Waals surface area contributed by atoms with Gasteiger partial charge in [0.25, 0.3) is 0 Å². The Hall–Kier alpha value is -1.49. The van der Waals surface area contributed by atoms with Crippen LogP contribution >= 0.6 is 35.0 Å². The molecule has 21 heavy (non-hydrogen) atoms. The summed E-state index contributed by atoms with van der Waals surface area (Å²) in [4.78, 5) is 18.2. The summed E-state index contributed by atoms with van der Waals surface area (Å²) in [5, 5.41) is 1.57. The lowest BCUT2D eigenvalue weighted by atomic mass is 10.3. The monoisotopic (exact) mass is 336 g/mol. The summed E-state index contributed by atoms with van der Waals surface area (Å²) in [6.07, 6.45) is 0. The van der Waals surface area contributed by atoms with E-state index in [0.717, 1.165) is 5.69 Å². The van der Waals surface area contributed by atoms with E-state index in [-0.39, 0.29) is 5.91 Å². The number of halogens is 2. The molecule has 3 nitrogen and oxygen atoms in total. The van der Waals surface area contributed by atoms with E-state index >= 15 is 0 Å². The van der Waals surface area contributed by atoms with Crippen molar-refractivity contribution in [1.29, 1.82) is 0 Å². The molecule has 0 aromatic heterocycles. The van der Waals surface area contributed by atoms with Gasteiger partial charge in [0.1, 0.15) is 0 Å². The summed E-state index contributed by atoms with van der Waals surface area (Å²) in [6, 6.07) is 14.6. The Labute approximate surface area is 136 Å². The Balaban J connectivity index is 1.98. The molecule has 1 fully saturated rings. The first-order valence-corrected chi connectivity index (χ1v) is 7.94. The largest absolute Gasteiger partial charge is 0.273 e. The zero-order valence-electron chi connectivity index (χ0n) is 10.8. The zero-order chi connectivity index (χ0) is 14.8. The maximum absolute atomic E-state index is 12.1. The molecular formula is C15H10Cl2N2OS. The van der Waals surface area contributed by atoms with Gasteiger partial charge in [0.15, 0.2) is 5.17 Å². The van der Waals surface area contributed by atoms with Crippen LogP contribution in [0.4, 0.5) is 11.4 Å². The minimum atomic E-state index is 0.0185. The number of aliphatic imine (C=N–C) groups is 1. The fourth-order valence-electron chi connectivity index (χ4n) is 1.94. The lowest BCUT2D eigenvalue weighted by Crippen LogP contribution is -2.28.